The second kappa shape index (κ2) is 5.87. The number of nitrogen functional groups attached to an aromatic ring is 1. The average molecular weight is 432 g/mol. The summed E-state index contributed by atoms with van der Waals surface area (Å²) in [6.45, 7) is 0. The van der Waals surface area contributed by atoms with Crippen LogP contribution in [0.15, 0.2) is 41.1 Å². The smallest absolute Gasteiger partial charge is 0.259 e. The van der Waals surface area contributed by atoms with E-state index >= 15 is 0 Å². The van der Waals surface area contributed by atoms with E-state index in [1.54, 1.807) is 19.3 Å². The lowest BCUT2D eigenvalue weighted by Gasteiger charge is -2.19. The van der Waals surface area contributed by atoms with Crippen molar-refractivity contribution in [3.05, 3.63) is 50.3 Å². The molecule has 0 saturated heterocycles. The van der Waals surface area contributed by atoms with Gasteiger partial charge >= 0.3 is 0 Å². The minimum atomic E-state index is -0.122. The molecule has 2 rings (SSSR count). The topological polar surface area (TPSA) is 59.2 Å². The first kappa shape index (κ1) is 14.3. The van der Waals surface area contributed by atoms with E-state index in [9.17, 15) is 4.79 Å². The molecular formula is C13H11BrIN3O. The van der Waals surface area contributed by atoms with Gasteiger partial charge in [0.15, 0.2) is 0 Å². The Hall–Kier alpha value is -1.15. The van der Waals surface area contributed by atoms with Crippen molar-refractivity contribution in [3.63, 3.8) is 0 Å². The zero-order valence-electron chi connectivity index (χ0n) is 10.1. The summed E-state index contributed by atoms with van der Waals surface area (Å²) in [6, 6.07) is 7.34. The summed E-state index contributed by atoms with van der Waals surface area (Å²) in [5.74, 6) is -0.122. The molecule has 1 amide bonds. The highest BCUT2D eigenvalue weighted by atomic mass is 127. The van der Waals surface area contributed by atoms with Gasteiger partial charge in [-0.2, -0.15) is 0 Å². The lowest BCUT2D eigenvalue weighted by atomic mass is 10.2. The van der Waals surface area contributed by atoms with Gasteiger partial charge in [0.2, 0.25) is 0 Å². The normalized spacial score (nSPS) is 10.3. The predicted molar refractivity (Wildman–Crippen MR) is 88.2 cm³/mol. The number of hydrogen-bond donors (Lipinski definition) is 1. The van der Waals surface area contributed by atoms with Crippen LogP contribution in [0.2, 0.25) is 0 Å². The van der Waals surface area contributed by atoms with Crippen LogP contribution in [0.1, 0.15) is 10.4 Å². The summed E-state index contributed by atoms with van der Waals surface area (Å²) >= 11 is 5.57. The number of nitrogens with zero attached hydrogens (tertiary/aromatic N) is 2. The molecule has 4 nitrogen and oxygen atoms in total. The van der Waals surface area contributed by atoms with E-state index in [1.807, 2.05) is 18.2 Å². The first-order valence-corrected chi connectivity index (χ1v) is 7.30. The van der Waals surface area contributed by atoms with Gasteiger partial charge in [0.25, 0.3) is 5.91 Å². The maximum atomic E-state index is 12.5. The van der Waals surface area contributed by atoms with E-state index in [0.717, 1.165) is 8.04 Å². The van der Waals surface area contributed by atoms with Crippen molar-refractivity contribution in [3.8, 4) is 0 Å². The van der Waals surface area contributed by atoms with Crippen molar-refractivity contribution in [2.75, 3.05) is 17.7 Å². The molecule has 6 heteroatoms. The molecule has 2 aromatic rings. The van der Waals surface area contributed by atoms with Gasteiger partial charge in [-0.1, -0.05) is 0 Å². The van der Waals surface area contributed by atoms with Gasteiger partial charge in [0.1, 0.15) is 0 Å². The lowest BCUT2D eigenvalue weighted by Crippen LogP contribution is -2.27. The summed E-state index contributed by atoms with van der Waals surface area (Å²) in [5.41, 5.74) is 7.55. The third-order valence-corrected chi connectivity index (χ3v) is 4.02. The molecule has 0 bridgehead atoms. The van der Waals surface area contributed by atoms with E-state index in [-0.39, 0.29) is 5.91 Å². The molecule has 0 radical (unpaired) electrons. The number of hydrogen-bond acceptors (Lipinski definition) is 3. The minimum absolute atomic E-state index is 0.122. The summed E-state index contributed by atoms with van der Waals surface area (Å²) in [5, 5.41) is 0. The first-order valence-electron chi connectivity index (χ1n) is 5.43. The number of benzene rings is 1. The Morgan fingerprint density at radius 1 is 1.42 bits per heavy atom. The SMILES string of the molecule is CN(C(=O)c1cc(I)ccc1Br)c1ccncc1N. The Kier molecular flexibility index (Phi) is 4.41. The highest BCUT2D eigenvalue weighted by Crippen LogP contribution is 2.25. The number of rotatable bonds is 2. The van der Waals surface area contributed by atoms with Crippen LogP contribution in [0.4, 0.5) is 11.4 Å². The van der Waals surface area contributed by atoms with E-state index in [2.05, 4.69) is 43.5 Å². The van der Waals surface area contributed by atoms with Gasteiger partial charge in [-0.05, 0) is 62.8 Å². The van der Waals surface area contributed by atoms with E-state index < -0.39 is 0 Å². The predicted octanol–water partition coefficient (Wildman–Crippen LogP) is 3.31. The largest absolute Gasteiger partial charge is 0.396 e. The standard InChI is InChI=1S/C13H11BrIN3O/c1-18(12-4-5-17-7-11(12)16)13(19)9-6-8(15)2-3-10(9)14/h2-7H,16H2,1H3. The van der Waals surface area contributed by atoms with Crippen molar-refractivity contribution >= 4 is 55.8 Å². The third-order valence-electron chi connectivity index (χ3n) is 2.65. The number of pyridine rings is 1. The van der Waals surface area contributed by atoms with Crippen LogP contribution in [0.5, 0.6) is 0 Å². The van der Waals surface area contributed by atoms with Crippen LogP contribution >= 0.6 is 38.5 Å². The fraction of sp³-hybridized carbons (Fsp3) is 0.0769. The van der Waals surface area contributed by atoms with Gasteiger partial charge in [-0.25, -0.2) is 0 Å². The number of anilines is 2. The second-order valence-corrected chi connectivity index (χ2v) is 6.02. The van der Waals surface area contributed by atoms with Gasteiger partial charge in [-0.3, -0.25) is 9.78 Å². The fourth-order valence-electron chi connectivity index (χ4n) is 1.66. The average Bonchev–Trinajstić information content (AvgIpc) is 2.40. The molecule has 2 N–H and O–H groups in total. The van der Waals surface area contributed by atoms with Gasteiger partial charge in [0.05, 0.1) is 23.1 Å². The molecule has 0 saturated carbocycles. The maximum absolute atomic E-state index is 12.5. The Morgan fingerprint density at radius 3 is 2.84 bits per heavy atom. The van der Waals surface area contributed by atoms with Crippen LogP contribution in [0, 0.1) is 3.57 Å². The molecule has 1 heterocycles. The van der Waals surface area contributed by atoms with Crippen molar-refractivity contribution in [1.82, 2.24) is 4.98 Å². The molecule has 0 fully saturated rings. The molecule has 0 unspecified atom stereocenters. The molecule has 0 atom stereocenters. The summed E-state index contributed by atoms with van der Waals surface area (Å²) < 4.78 is 1.76. The van der Waals surface area contributed by atoms with Crippen LogP contribution in [0.3, 0.4) is 0 Å². The van der Waals surface area contributed by atoms with Gasteiger partial charge in [-0.15, -0.1) is 0 Å². The summed E-state index contributed by atoms with van der Waals surface area (Å²) in [6.07, 6.45) is 3.14. The van der Waals surface area contributed by atoms with E-state index in [1.165, 1.54) is 11.1 Å². The van der Waals surface area contributed by atoms with Crippen molar-refractivity contribution in [2.24, 2.45) is 0 Å². The highest BCUT2D eigenvalue weighted by molar-refractivity contribution is 14.1. The maximum Gasteiger partial charge on any atom is 0.259 e. The second-order valence-electron chi connectivity index (χ2n) is 3.92. The van der Waals surface area contributed by atoms with Crippen LogP contribution in [-0.4, -0.2) is 17.9 Å². The van der Waals surface area contributed by atoms with Gasteiger partial charge < -0.3 is 10.6 Å². The Bertz CT molecular complexity index is 633. The number of carbonyl (C=O) groups is 1. The van der Waals surface area contributed by atoms with Crippen molar-refractivity contribution in [1.29, 1.82) is 0 Å². The monoisotopic (exact) mass is 431 g/mol. The molecule has 0 spiro atoms. The zero-order chi connectivity index (χ0) is 14.0. The molecule has 0 aliphatic rings. The zero-order valence-corrected chi connectivity index (χ0v) is 13.8. The lowest BCUT2D eigenvalue weighted by molar-refractivity contribution is 0.0992. The Morgan fingerprint density at radius 2 is 2.16 bits per heavy atom. The van der Waals surface area contributed by atoms with E-state index in [4.69, 9.17) is 5.73 Å². The molecule has 0 aliphatic heterocycles. The fourth-order valence-corrected chi connectivity index (χ4v) is 2.56. The highest BCUT2D eigenvalue weighted by Gasteiger charge is 2.18. The number of amides is 1. The van der Waals surface area contributed by atoms with E-state index in [0.29, 0.717) is 16.9 Å². The molecule has 0 aliphatic carbocycles. The number of aromatic nitrogens is 1. The molecular weight excluding hydrogens is 421 g/mol. The molecule has 19 heavy (non-hydrogen) atoms. The molecule has 1 aromatic heterocycles. The number of halogens is 2. The minimum Gasteiger partial charge on any atom is -0.396 e. The summed E-state index contributed by atoms with van der Waals surface area (Å²) in [7, 11) is 1.69. The molecule has 98 valence electrons. The number of carbonyl (C=O) groups excluding carboxylic acids is 1. The van der Waals surface area contributed by atoms with Crippen molar-refractivity contribution < 1.29 is 4.79 Å². The van der Waals surface area contributed by atoms with Crippen LogP contribution in [0.25, 0.3) is 0 Å². The van der Waals surface area contributed by atoms with Gasteiger partial charge in [0, 0.05) is 21.3 Å². The molecule has 1 aromatic carbocycles. The van der Waals surface area contributed by atoms with Crippen LogP contribution < -0.4 is 10.6 Å². The van der Waals surface area contributed by atoms with Crippen molar-refractivity contribution in [2.45, 2.75) is 0 Å². The first-order chi connectivity index (χ1) is 9.00. The quantitative estimate of drug-likeness (QED) is 0.742. The third kappa shape index (κ3) is 3.06. The Labute approximate surface area is 133 Å². The Balaban J connectivity index is 2.39. The summed E-state index contributed by atoms with van der Waals surface area (Å²) in [4.78, 5) is 17.9. The van der Waals surface area contributed by atoms with Crippen LogP contribution in [-0.2, 0) is 0 Å². The number of nitrogens with two attached hydrogens (primary N) is 1.